The van der Waals surface area contributed by atoms with Crippen LogP contribution in [0.5, 0.6) is 0 Å². The molecule has 1 fully saturated rings. The number of halogens is 1. The van der Waals surface area contributed by atoms with E-state index in [0.29, 0.717) is 12.2 Å². The molecule has 0 N–H and O–H groups in total. The molecule has 0 aromatic carbocycles. The molecule has 0 bridgehead atoms. The number of carbonyl (C=O) groups excluding carboxylic acids is 1. The second-order valence-corrected chi connectivity index (χ2v) is 6.35. The number of nitrogens with zero attached hydrogens (tertiary/aromatic N) is 3. The van der Waals surface area contributed by atoms with E-state index in [1.807, 2.05) is 12.1 Å². The van der Waals surface area contributed by atoms with Crippen LogP contribution in [0.1, 0.15) is 18.5 Å². The summed E-state index contributed by atoms with van der Waals surface area (Å²) in [6.07, 6.45) is 4.73. The minimum Gasteiger partial charge on any atom is -0.303 e. The number of aldehydes is 1. The summed E-state index contributed by atoms with van der Waals surface area (Å²) in [6.45, 7) is 2.32. The average molecular weight is 350 g/mol. The van der Waals surface area contributed by atoms with Crippen molar-refractivity contribution in [1.29, 1.82) is 0 Å². The first-order chi connectivity index (χ1) is 10.2. The normalized spacial score (nSPS) is 19.8. The van der Waals surface area contributed by atoms with Crippen molar-refractivity contribution in [3.05, 3.63) is 44.9 Å². The lowest BCUT2D eigenvalue weighted by atomic mass is 10.00. The first-order valence-electron chi connectivity index (χ1n) is 7.01. The second-order valence-electron chi connectivity index (χ2n) is 5.43. The Morgan fingerprint density at radius 1 is 1.43 bits per heavy atom. The molecule has 0 amide bonds. The number of hydrogen-bond donors (Lipinski definition) is 0. The fraction of sp³-hybridized carbons (Fsp3) is 0.400. The van der Waals surface area contributed by atoms with Crippen LogP contribution in [-0.2, 0) is 11.3 Å². The predicted molar refractivity (Wildman–Crippen MR) is 83.2 cm³/mol. The van der Waals surface area contributed by atoms with Gasteiger partial charge in [-0.15, -0.1) is 0 Å². The molecule has 110 valence electrons. The summed E-state index contributed by atoms with van der Waals surface area (Å²) in [5.74, 6) is 0.108. The summed E-state index contributed by atoms with van der Waals surface area (Å²) in [4.78, 5) is 29.8. The van der Waals surface area contributed by atoms with Crippen molar-refractivity contribution in [3.8, 4) is 0 Å². The molecule has 0 spiro atoms. The molecule has 2 aromatic rings. The van der Waals surface area contributed by atoms with Crippen molar-refractivity contribution >= 4 is 27.9 Å². The van der Waals surface area contributed by atoms with Crippen LogP contribution in [0.25, 0.3) is 5.65 Å². The number of hydrogen-bond acceptors (Lipinski definition) is 4. The van der Waals surface area contributed by atoms with Gasteiger partial charge in [0, 0.05) is 35.7 Å². The van der Waals surface area contributed by atoms with Gasteiger partial charge < -0.3 is 4.79 Å². The molecule has 5 nitrogen and oxygen atoms in total. The van der Waals surface area contributed by atoms with Crippen LogP contribution in [0.3, 0.4) is 0 Å². The van der Waals surface area contributed by atoms with Gasteiger partial charge in [0.1, 0.15) is 11.9 Å². The van der Waals surface area contributed by atoms with E-state index < -0.39 is 0 Å². The molecule has 2 aromatic heterocycles. The maximum atomic E-state index is 12.1. The van der Waals surface area contributed by atoms with Gasteiger partial charge in [-0.2, -0.15) is 0 Å². The SMILES string of the molecule is O=CC1CCCN(Cc2cc(=O)n3cc(Br)ccc3n2)C1. The lowest BCUT2D eigenvalue weighted by Crippen LogP contribution is -2.36. The van der Waals surface area contributed by atoms with Crippen LogP contribution in [0.2, 0.25) is 0 Å². The molecular weight excluding hydrogens is 334 g/mol. The fourth-order valence-corrected chi connectivity index (χ4v) is 3.12. The molecule has 1 atom stereocenters. The summed E-state index contributed by atoms with van der Waals surface area (Å²) in [5, 5.41) is 0. The highest BCUT2D eigenvalue weighted by Crippen LogP contribution is 2.16. The Hall–Kier alpha value is -1.53. The van der Waals surface area contributed by atoms with Crippen molar-refractivity contribution in [2.45, 2.75) is 19.4 Å². The molecule has 0 aliphatic carbocycles. The third kappa shape index (κ3) is 3.22. The number of aromatic nitrogens is 2. The average Bonchev–Trinajstić information content (AvgIpc) is 2.48. The van der Waals surface area contributed by atoms with Crippen molar-refractivity contribution in [2.75, 3.05) is 13.1 Å². The van der Waals surface area contributed by atoms with E-state index in [4.69, 9.17) is 0 Å². The summed E-state index contributed by atoms with van der Waals surface area (Å²) in [5.41, 5.74) is 1.32. The zero-order valence-electron chi connectivity index (χ0n) is 11.5. The summed E-state index contributed by atoms with van der Waals surface area (Å²) in [6, 6.07) is 5.26. The Bertz CT molecular complexity index is 728. The minimum atomic E-state index is -0.0831. The Morgan fingerprint density at radius 3 is 3.10 bits per heavy atom. The highest BCUT2D eigenvalue weighted by Gasteiger charge is 2.19. The van der Waals surface area contributed by atoms with E-state index in [-0.39, 0.29) is 11.5 Å². The standard InChI is InChI=1S/C15H16BrN3O2/c16-12-3-4-14-17-13(6-15(21)19(14)8-12)9-18-5-1-2-11(7-18)10-20/h3-4,6,8,10-11H,1-2,5,7,9H2. The van der Waals surface area contributed by atoms with E-state index in [1.165, 1.54) is 4.40 Å². The molecule has 0 saturated carbocycles. The van der Waals surface area contributed by atoms with Gasteiger partial charge in [0.05, 0.1) is 5.69 Å². The van der Waals surface area contributed by atoms with Gasteiger partial charge in [-0.1, -0.05) is 0 Å². The van der Waals surface area contributed by atoms with E-state index in [0.717, 1.165) is 42.4 Å². The molecule has 3 rings (SSSR count). The largest absolute Gasteiger partial charge is 0.303 e. The number of likely N-dealkylation sites (tertiary alicyclic amines) is 1. The smallest absolute Gasteiger partial charge is 0.258 e. The van der Waals surface area contributed by atoms with Crippen LogP contribution >= 0.6 is 15.9 Å². The first kappa shape index (κ1) is 14.4. The summed E-state index contributed by atoms with van der Waals surface area (Å²) >= 11 is 3.35. The highest BCUT2D eigenvalue weighted by atomic mass is 79.9. The zero-order valence-corrected chi connectivity index (χ0v) is 13.1. The molecule has 1 saturated heterocycles. The number of carbonyl (C=O) groups is 1. The maximum absolute atomic E-state index is 12.1. The molecule has 3 heterocycles. The number of rotatable bonds is 3. The number of fused-ring (bicyclic) bond motifs is 1. The molecule has 1 unspecified atom stereocenters. The van der Waals surface area contributed by atoms with E-state index in [2.05, 4.69) is 25.8 Å². The Balaban J connectivity index is 1.86. The quantitative estimate of drug-likeness (QED) is 0.793. The number of pyridine rings is 1. The Kier molecular flexibility index (Phi) is 4.17. The van der Waals surface area contributed by atoms with Crippen LogP contribution in [0, 0.1) is 5.92 Å². The van der Waals surface area contributed by atoms with Gasteiger partial charge in [0.2, 0.25) is 0 Å². The molecule has 21 heavy (non-hydrogen) atoms. The topological polar surface area (TPSA) is 54.7 Å². The van der Waals surface area contributed by atoms with Gasteiger partial charge in [-0.3, -0.25) is 14.1 Å². The van der Waals surface area contributed by atoms with Crippen molar-refractivity contribution < 1.29 is 4.79 Å². The summed E-state index contributed by atoms with van der Waals surface area (Å²) in [7, 11) is 0. The van der Waals surface area contributed by atoms with Gasteiger partial charge in [0.15, 0.2) is 0 Å². The van der Waals surface area contributed by atoms with Gasteiger partial charge in [-0.25, -0.2) is 4.98 Å². The van der Waals surface area contributed by atoms with Gasteiger partial charge in [0.25, 0.3) is 5.56 Å². The first-order valence-corrected chi connectivity index (χ1v) is 7.80. The molecule has 6 heteroatoms. The van der Waals surface area contributed by atoms with Crippen molar-refractivity contribution in [2.24, 2.45) is 5.92 Å². The Morgan fingerprint density at radius 2 is 2.29 bits per heavy atom. The zero-order chi connectivity index (χ0) is 14.8. The maximum Gasteiger partial charge on any atom is 0.258 e. The Labute approximate surface area is 130 Å². The third-order valence-corrected chi connectivity index (χ3v) is 4.27. The fourth-order valence-electron chi connectivity index (χ4n) is 2.78. The van der Waals surface area contributed by atoms with E-state index >= 15 is 0 Å². The predicted octanol–water partition coefficient (Wildman–Crippen LogP) is 1.87. The van der Waals surface area contributed by atoms with E-state index in [9.17, 15) is 9.59 Å². The van der Waals surface area contributed by atoms with Gasteiger partial charge >= 0.3 is 0 Å². The minimum absolute atomic E-state index is 0.0831. The van der Waals surface area contributed by atoms with Crippen molar-refractivity contribution in [3.63, 3.8) is 0 Å². The monoisotopic (exact) mass is 349 g/mol. The highest BCUT2D eigenvalue weighted by molar-refractivity contribution is 9.10. The molecule has 1 aliphatic rings. The van der Waals surface area contributed by atoms with Crippen molar-refractivity contribution in [1.82, 2.24) is 14.3 Å². The molecule has 1 aliphatic heterocycles. The molecular formula is C15H16BrN3O2. The van der Waals surface area contributed by atoms with Crippen LogP contribution in [-0.4, -0.2) is 33.7 Å². The third-order valence-electron chi connectivity index (χ3n) is 3.80. The molecule has 0 radical (unpaired) electrons. The lowest BCUT2D eigenvalue weighted by molar-refractivity contribution is -0.112. The summed E-state index contributed by atoms with van der Waals surface area (Å²) < 4.78 is 2.37. The van der Waals surface area contributed by atoms with Gasteiger partial charge in [-0.05, 0) is 47.4 Å². The lowest BCUT2D eigenvalue weighted by Gasteiger charge is -2.29. The number of piperidine rings is 1. The van der Waals surface area contributed by atoms with E-state index in [1.54, 1.807) is 12.3 Å². The van der Waals surface area contributed by atoms with Crippen LogP contribution in [0.4, 0.5) is 0 Å². The van der Waals surface area contributed by atoms with Crippen LogP contribution < -0.4 is 5.56 Å². The van der Waals surface area contributed by atoms with Crippen LogP contribution in [0.15, 0.2) is 33.7 Å². The second kappa shape index (κ2) is 6.07.